The summed E-state index contributed by atoms with van der Waals surface area (Å²) < 4.78 is 0. The Bertz CT molecular complexity index is 532. The van der Waals surface area contributed by atoms with Crippen molar-refractivity contribution in [3.63, 3.8) is 0 Å². The van der Waals surface area contributed by atoms with Gasteiger partial charge in [-0.25, -0.2) is 0 Å². The highest BCUT2D eigenvalue weighted by molar-refractivity contribution is 6.33. The number of halogens is 1. The lowest BCUT2D eigenvalue weighted by Crippen LogP contribution is -1.96. The van der Waals surface area contributed by atoms with Gasteiger partial charge in [-0.2, -0.15) is 0 Å². The molecule has 17 heavy (non-hydrogen) atoms. The second-order valence-corrected chi connectivity index (χ2v) is 4.24. The Morgan fingerprint density at radius 3 is 2.47 bits per heavy atom. The predicted octanol–water partition coefficient (Wildman–Crippen LogP) is 4.60. The van der Waals surface area contributed by atoms with Crippen LogP contribution in [0.3, 0.4) is 0 Å². The Kier molecular flexibility index (Phi) is 3.60. The summed E-state index contributed by atoms with van der Waals surface area (Å²) in [7, 11) is 0. The van der Waals surface area contributed by atoms with E-state index in [1.807, 2.05) is 43.3 Å². The number of rotatable bonds is 3. The number of benzene rings is 2. The predicted molar refractivity (Wildman–Crippen MR) is 71.5 cm³/mol. The van der Waals surface area contributed by atoms with Crippen molar-refractivity contribution < 1.29 is 4.79 Å². The molecule has 0 heterocycles. The molecule has 0 amide bonds. The molecule has 0 saturated carbocycles. The van der Waals surface area contributed by atoms with Crippen LogP contribution in [0.5, 0.6) is 0 Å². The van der Waals surface area contributed by atoms with E-state index in [9.17, 15) is 4.79 Å². The molecule has 0 fully saturated rings. The molecule has 2 rings (SSSR count). The van der Waals surface area contributed by atoms with Crippen molar-refractivity contribution in [1.29, 1.82) is 0 Å². The fourth-order valence-electron chi connectivity index (χ4n) is 1.74. The topological polar surface area (TPSA) is 17.1 Å². The van der Waals surface area contributed by atoms with Gasteiger partial charge in [0.25, 0.3) is 0 Å². The summed E-state index contributed by atoms with van der Waals surface area (Å²) >= 11 is 6.17. The van der Waals surface area contributed by atoms with Gasteiger partial charge in [0.1, 0.15) is 0 Å². The smallest absolute Gasteiger partial charge is 0.162 e. The Balaban J connectivity index is 2.50. The number of carbonyl (C=O) groups excluding carboxylic acids is 1. The summed E-state index contributed by atoms with van der Waals surface area (Å²) in [6, 6.07) is 15.3. The fraction of sp³-hybridized carbons (Fsp3) is 0.133. The van der Waals surface area contributed by atoms with Gasteiger partial charge in [-0.3, -0.25) is 4.79 Å². The molecule has 0 aliphatic rings. The molecule has 2 aromatic rings. The lowest BCUT2D eigenvalue weighted by molar-refractivity contribution is 0.0988. The van der Waals surface area contributed by atoms with Crippen LogP contribution in [0.1, 0.15) is 23.7 Å². The van der Waals surface area contributed by atoms with Crippen LogP contribution in [-0.4, -0.2) is 5.78 Å². The summed E-state index contributed by atoms with van der Waals surface area (Å²) in [6.45, 7) is 1.86. The van der Waals surface area contributed by atoms with E-state index < -0.39 is 0 Å². The summed E-state index contributed by atoms with van der Waals surface area (Å²) in [5.41, 5.74) is 2.66. The largest absolute Gasteiger partial charge is 0.294 e. The maximum Gasteiger partial charge on any atom is 0.162 e. The molecule has 1 nitrogen and oxygen atoms in total. The molecule has 2 aromatic carbocycles. The molecule has 0 atom stereocenters. The first-order valence-electron chi connectivity index (χ1n) is 5.60. The number of Topliss-reactive ketones (excluding diaryl/α,β-unsaturated/α-hetero) is 1. The quantitative estimate of drug-likeness (QED) is 0.721. The standard InChI is InChI=1S/C15H13ClO/c1-2-15(17)12-8-9-14(16)13(10-12)11-6-4-3-5-7-11/h3-10H,2H2,1H3. The third-order valence-corrected chi connectivity index (χ3v) is 3.02. The van der Waals surface area contributed by atoms with Crippen molar-refractivity contribution in [2.75, 3.05) is 0 Å². The van der Waals surface area contributed by atoms with Gasteiger partial charge in [-0.1, -0.05) is 48.9 Å². The van der Waals surface area contributed by atoms with Crippen LogP contribution >= 0.6 is 11.6 Å². The zero-order chi connectivity index (χ0) is 12.3. The first-order chi connectivity index (χ1) is 8.22. The van der Waals surface area contributed by atoms with Crippen LogP contribution in [0, 0.1) is 0 Å². The highest BCUT2D eigenvalue weighted by Crippen LogP contribution is 2.28. The molecule has 0 saturated heterocycles. The van der Waals surface area contributed by atoms with Crippen LogP contribution in [0.4, 0.5) is 0 Å². The van der Waals surface area contributed by atoms with Crippen LogP contribution in [0.15, 0.2) is 48.5 Å². The Morgan fingerprint density at radius 2 is 1.82 bits per heavy atom. The number of carbonyl (C=O) groups is 1. The molecular formula is C15H13ClO. The Labute approximate surface area is 106 Å². The van der Waals surface area contributed by atoms with Gasteiger partial charge in [-0.05, 0) is 23.8 Å². The maximum absolute atomic E-state index is 11.7. The van der Waals surface area contributed by atoms with Gasteiger partial charge in [0.05, 0.1) is 0 Å². The van der Waals surface area contributed by atoms with E-state index >= 15 is 0 Å². The van der Waals surface area contributed by atoms with E-state index in [0.717, 1.165) is 16.7 Å². The second-order valence-electron chi connectivity index (χ2n) is 3.84. The zero-order valence-corrected chi connectivity index (χ0v) is 10.4. The summed E-state index contributed by atoms with van der Waals surface area (Å²) in [4.78, 5) is 11.7. The SMILES string of the molecule is CCC(=O)c1ccc(Cl)c(-c2ccccc2)c1. The first kappa shape index (κ1) is 11.9. The lowest BCUT2D eigenvalue weighted by atomic mass is 10.0. The van der Waals surface area contributed by atoms with Crippen LogP contribution < -0.4 is 0 Å². The molecule has 0 N–H and O–H groups in total. The first-order valence-corrected chi connectivity index (χ1v) is 5.98. The van der Waals surface area contributed by atoms with Crippen molar-refractivity contribution in [1.82, 2.24) is 0 Å². The summed E-state index contributed by atoms with van der Waals surface area (Å²) in [5, 5.41) is 0.670. The second kappa shape index (κ2) is 5.15. The van der Waals surface area contributed by atoms with Gasteiger partial charge in [0.2, 0.25) is 0 Å². The molecule has 0 spiro atoms. The number of hydrogen-bond donors (Lipinski definition) is 0. The van der Waals surface area contributed by atoms with Gasteiger partial charge < -0.3 is 0 Å². The van der Waals surface area contributed by atoms with Gasteiger partial charge in [0.15, 0.2) is 5.78 Å². The summed E-state index contributed by atoms with van der Waals surface area (Å²) in [6.07, 6.45) is 0.510. The number of ketones is 1. The van der Waals surface area contributed by atoms with E-state index in [0.29, 0.717) is 11.4 Å². The highest BCUT2D eigenvalue weighted by Gasteiger charge is 2.08. The Morgan fingerprint density at radius 1 is 1.12 bits per heavy atom. The summed E-state index contributed by atoms with van der Waals surface area (Å²) in [5.74, 6) is 0.138. The van der Waals surface area contributed by atoms with E-state index in [4.69, 9.17) is 11.6 Å². The highest BCUT2D eigenvalue weighted by atomic mass is 35.5. The van der Waals surface area contributed by atoms with Gasteiger partial charge in [-0.15, -0.1) is 0 Å². The monoisotopic (exact) mass is 244 g/mol. The fourth-order valence-corrected chi connectivity index (χ4v) is 1.97. The molecule has 2 heteroatoms. The van der Waals surface area contributed by atoms with Crippen molar-refractivity contribution in [2.45, 2.75) is 13.3 Å². The molecule has 0 bridgehead atoms. The van der Waals surface area contributed by atoms with E-state index in [1.165, 1.54) is 0 Å². The molecule has 0 radical (unpaired) electrons. The van der Waals surface area contributed by atoms with E-state index in [2.05, 4.69) is 0 Å². The molecule has 0 aliphatic heterocycles. The van der Waals surface area contributed by atoms with Crippen molar-refractivity contribution in [3.05, 3.63) is 59.1 Å². The minimum Gasteiger partial charge on any atom is -0.294 e. The molecule has 0 aliphatic carbocycles. The maximum atomic E-state index is 11.7. The molecule has 0 unspecified atom stereocenters. The number of hydrogen-bond acceptors (Lipinski definition) is 1. The molecular weight excluding hydrogens is 232 g/mol. The average molecular weight is 245 g/mol. The van der Waals surface area contributed by atoms with Crippen LogP contribution in [0.25, 0.3) is 11.1 Å². The third kappa shape index (κ3) is 2.56. The van der Waals surface area contributed by atoms with Gasteiger partial charge >= 0.3 is 0 Å². The Hall–Kier alpha value is -1.60. The van der Waals surface area contributed by atoms with Gasteiger partial charge in [0, 0.05) is 22.6 Å². The van der Waals surface area contributed by atoms with E-state index in [1.54, 1.807) is 12.1 Å². The molecule has 86 valence electrons. The van der Waals surface area contributed by atoms with Crippen molar-refractivity contribution >= 4 is 17.4 Å². The van der Waals surface area contributed by atoms with Crippen LogP contribution in [-0.2, 0) is 0 Å². The minimum atomic E-state index is 0.138. The van der Waals surface area contributed by atoms with Crippen molar-refractivity contribution in [2.24, 2.45) is 0 Å². The minimum absolute atomic E-state index is 0.138. The van der Waals surface area contributed by atoms with Crippen LogP contribution in [0.2, 0.25) is 5.02 Å². The zero-order valence-electron chi connectivity index (χ0n) is 9.61. The third-order valence-electron chi connectivity index (χ3n) is 2.69. The average Bonchev–Trinajstić information content (AvgIpc) is 2.39. The molecule has 0 aromatic heterocycles. The normalized spacial score (nSPS) is 10.2. The van der Waals surface area contributed by atoms with E-state index in [-0.39, 0.29) is 5.78 Å². The lowest BCUT2D eigenvalue weighted by Gasteiger charge is -2.06. The van der Waals surface area contributed by atoms with Crippen molar-refractivity contribution in [3.8, 4) is 11.1 Å².